The Morgan fingerprint density at radius 1 is 1.44 bits per heavy atom. The molecule has 0 amide bonds. The van der Waals surface area contributed by atoms with Gasteiger partial charge in [0, 0.05) is 11.6 Å². The first-order chi connectivity index (χ1) is 7.71. The lowest BCUT2D eigenvalue weighted by Crippen LogP contribution is -1.95. The van der Waals surface area contributed by atoms with E-state index in [0.717, 1.165) is 0 Å². The Hall–Kier alpha value is -2.33. The molecule has 0 spiro atoms. The topological polar surface area (TPSA) is 56.8 Å². The molecule has 0 aliphatic heterocycles. The molecule has 3 nitrogen and oxygen atoms in total. The standard InChI is InChI=1S/C12H9FN2O/c1-2-16-12-6-11(13)4-3-10(12)5-9(7-14)8-15/h3-6H,2H2,1H3. The SMILES string of the molecule is CCOc1cc(F)ccc1C=C(C#N)C#N. The third-order valence-electron chi connectivity index (χ3n) is 1.82. The molecule has 0 unspecified atom stereocenters. The van der Waals surface area contributed by atoms with Gasteiger partial charge >= 0.3 is 0 Å². The van der Waals surface area contributed by atoms with E-state index in [1.165, 1.54) is 24.3 Å². The van der Waals surface area contributed by atoms with Crippen LogP contribution in [0.15, 0.2) is 23.8 Å². The van der Waals surface area contributed by atoms with Gasteiger partial charge in [0.2, 0.25) is 0 Å². The van der Waals surface area contributed by atoms with Crippen molar-refractivity contribution in [2.45, 2.75) is 6.92 Å². The van der Waals surface area contributed by atoms with E-state index >= 15 is 0 Å². The Labute approximate surface area is 93.0 Å². The maximum Gasteiger partial charge on any atom is 0.130 e. The number of nitrogens with zero attached hydrogens (tertiary/aromatic N) is 2. The zero-order valence-corrected chi connectivity index (χ0v) is 8.70. The number of hydrogen-bond acceptors (Lipinski definition) is 3. The lowest BCUT2D eigenvalue weighted by atomic mass is 10.1. The van der Waals surface area contributed by atoms with E-state index in [0.29, 0.717) is 17.9 Å². The van der Waals surface area contributed by atoms with Gasteiger partial charge in [0.1, 0.15) is 29.3 Å². The zero-order chi connectivity index (χ0) is 12.0. The fraction of sp³-hybridized carbons (Fsp3) is 0.167. The van der Waals surface area contributed by atoms with Crippen LogP contribution in [-0.2, 0) is 0 Å². The third-order valence-corrected chi connectivity index (χ3v) is 1.82. The van der Waals surface area contributed by atoms with Crippen molar-refractivity contribution < 1.29 is 9.13 Å². The maximum atomic E-state index is 12.9. The predicted octanol–water partition coefficient (Wildman–Crippen LogP) is 2.65. The van der Waals surface area contributed by atoms with Crippen molar-refractivity contribution in [3.63, 3.8) is 0 Å². The average molecular weight is 216 g/mol. The van der Waals surface area contributed by atoms with Crippen LogP contribution in [-0.4, -0.2) is 6.61 Å². The van der Waals surface area contributed by atoms with Gasteiger partial charge in [0.05, 0.1) is 6.61 Å². The molecule has 1 rings (SSSR count). The van der Waals surface area contributed by atoms with Gasteiger partial charge in [0.15, 0.2) is 0 Å². The lowest BCUT2D eigenvalue weighted by molar-refractivity contribution is 0.337. The van der Waals surface area contributed by atoms with Crippen LogP contribution in [0.5, 0.6) is 5.75 Å². The van der Waals surface area contributed by atoms with Crippen molar-refractivity contribution in [3.8, 4) is 17.9 Å². The van der Waals surface area contributed by atoms with Gasteiger partial charge < -0.3 is 4.74 Å². The van der Waals surface area contributed by atoms with Crippen molar-refractivity contribution >= 4 is 6.08 Å². The number of benzene rings is 1. The molecule has 0 saturated carbocycles. The Balaban J connectivity index is 3.19. The molecule has 0 radical (unpaired) electrons. The number of halogens is 1. The summed E-state index contributed by atoms with van der Waals surface area (Å²) in [6, 6.07) is 7.41. The van der Waals surface area contributed by atoms with Crippen LogP contribution in [0.4, 0.5) is 4.39 Å². The summed E-state index contributed by atoms with van der Waals surface area (Å²) in [5.41, 5.74) is 0.467. The number of allylic oxidation sites excluding steroid dienone is 1. The van der Waals surface area contributed by atoms with E-state index in [1.54, 1.807) is 19.1 Å². The molecule has 0 aliphatic rings. The highest BCUT2D eigenvalue weighted by Crippen LogP contribution is 2.22. The molecule has 0 aromatic heterocycles. The first-order valence-corrected chi connectivity index (χ1v) is 4.65. The van der Waals surface area contributed by atoms with Crippen LogP contribution in [0.1, 0.15) is 12.5 Å². The van der Waals surface area contributed by atoms with Crippen molar-refractivity contribution in [1.29, 1.82) is 10.5 Å². The molecule has 0 bridgehead atoms. The molecule has 0 heterocycles. The van der Waals surface area contributed by atoms with Gasteiger partial charge in [-0.15, -0.1) is 0 Å². The van der Waals surface area contributed by atoms with E-state index in [2.05, 4.69) is 0 Å². The first kappa shape index (κ1) is 11.7. The first-order valence-electron chi connectivity index (χ1n) is 4.65. The summed E-state index contributed by atoms with van der Waals surface area (Å²) >= 11 is 0. The normalized spacial score (nSPS) is 8.75. The minimum atomic E-state index is -0.420. The van der Waals surface area contributed by atoms with Crippen LogP contribution in [0.25, 0.3) is 6.08 Å². The molecule has 0 atom stereocenters. The molecule has 16 heavy (non-hydrogen) atoms. The highest BCUT2D eigenvalue weighted by molar-refractivity contribution is 5.66. The van der Waals surface area contributed by atoms with E-state index in [4.69, 9.17) is 15.3 Å². The molecule has 4 heteroatoms. The predicted molar refractivity (Wildman–Crippen MR) is 56.8 cm³/mol. The molecule has 0 saturated heterocycles. The molecule has 0 N–H and O–H groups in total. The Morgan fingerprint density at radius 2 is 2.12 bits per heavy atom. The lowest BCUT2D eigenvalue weighted by Gasteiger charge is -2.06. The molecular formula is C12H9FN2O. The van der Waals surface area contributed by atoms with Gasteiger partial charge in [-0.3, -0.25) is 0 Å². The number of nitriles is 2. The van der Waals surface area contributed by atoms with Crippen LogP contribution >= 0.6 is 0 Å². The van der Waals surface area contributed by atoms with Crippen LogP contribution in [0, 0.1) is 28.5 Å². The largest absolute Gasteiger partial charge is 0.493 e. The van der Waals surface area contributed by atoms with Gasteiger partial charge in [-0.05, 0) is 25.1 Å². The van der Waals surface area contributed by atoms with E-state index in [-0.39, 0.29) is 5.57 Å². The van der Waals surface area contributed by atoms with Crippen LogP contribution in [0.3, 0.4) is 0 Å². The second-order valence-electron chi connectivity index (χ2n) is 2.90. The summed E-state index contributed by atoms with van der Waals surface area (Å²) in [5, 5.41) is 17.2. The molecule has 0 aliphatic carbocycles. The smallest absolute Gasteiger partial charge is 0.130 e. The molecule has 80 valence electrons. The summed E-state index contributed by atoms with van der Waals surface area (Å²) in [5.74, 6) is -0.0958. The summed E-state index contributed by atoms with van der Waals surface area (Å²) in [7, 11) is 0. The summed E-state index contributed by atoms with van der Waals surface area (Å²) in [4.78, 5) is 0. The highest BCUT2D eigenvalue weighted by atomic mass is 19.1. The molecule has 1 aromatic carbocycles. The van der Waals surface area contributed by atoms with Crippen molar-refractivity contribution in [3.05, 3.63) is 35.2 Å². The van der Waals surface area contributed by atoms with Gasteiger partial charge in [-0.25, -0.2) is 4.39 Å². The summed E-state index contributed by atoms with van der Waals surface area (Å²) in [6.45, 7) is 2.16. The van der Waals surface area contributed by atoms with Gasteiger partial charge in [-0.1, -0.05) is 0 Å². The number of rotatable bonds is 3. The van der Waals surface area contributed by atoms with Gasteiger partial charge in [0.25, 0.3) is 0 Å². The monoisotopic (exact) mass is 216 g/mol. The fourth-order valence-electron chi connectivity index (χ4n) is 1.15. The van der Waals surface area contributed by atoms with E-state index in [9.17, 15) is 4.39 Å². The van der Waals surface area contributed by atoms with Crippen molar-refractivity contribution in [2.24, 2.45) is 0 Å². The van der Waals surface area contributed by atoms with E-state index in [1.807, 2.05) is 0 Å². The minimum absolute atomic E-state index is 0.0486. The maximum absolute atomic E-state index is 12.9. The summed E-state index contributed by atoms with van der Waals surface area (Å²) < 4.78 is 18.1. The molecular weight excluding hydrogens is 207 g/mol. The van der Waals surface area contributed by atoms with Crippen molar-refractivity contribution in [2.75, 3.05) is 6.61 Å². The third kappa shape index (κ3) is 2.83. The summed E-state index contributed by atoms with van der Waals surface area (Å²) in [6.07, 6.45) is 1.37. The number of hydrogen-bond donors (Lipinski definition) is 0. The second kappa shape index (κ2) is 5.53. The Kier molecular flexibility index (Phi) is 4.06. The Morgan fingerprint density at radius 3 is 2.69 bits per heavy atom. The molecule has 1 aromatic rings. The average Bonchev–Trinajstić information content (AvgIpc) is 2.29. The second-order valence-corrected chi connectivity index (χ2v) is 2.90. The van der Waals surface area contributed by atoms with E-state index < -0.39 is 5.82 Å². The van der Waals surface area contributed by atoms with Crippen molar-refractivity contribution in [1.82, 2.24) is 0 Å². The zero-order valence-electron chi connectivity index (χ0n) is 8.70. The van der Waals surface area contributed by atoms with Gasteiger partial charge in [-0.2, -0.15) is 10.5 Å². The minimum Gasteiger partial charge on any atom is -0.493 e. The van der Waals surface area contributed by atoms with Crippen LogP contribution < -0.4 is 4.74 Å². The fourth-order valence-corrected chi connectivity index (χ4v) is 1.15. The van der Waals surface area contributed by atoms with Crippen LogP contribution in [0.2, 0.25) is 0 Å². The quantitative estimate of drug-likeness (QED) is 0.730. The molecule has 0 fully saturated rings. The number of ether oxygens (including phenoxy) is 1. The Bertz CT molecular complexity index is 479. The highest BCUT2D eigenvalue weighted by Gasteiger charge is 2.04.